The van der Waals surface area contributed by atoms with E-state index in [9.17, 15) is 14.4 Å². The molecule has 31 heavy (non-hydrogen) atoms. The van der Waals surface area contributed by atoms with E-state index in [-0.39, 0.29) is 31.8 Å². The maximum atomic E-state index is 12.5. The van der Waals surface area contributed by atoms with Gasteiger partial charge in [-0.3, -0.25) is 0 Å². The lowest BCUT2D eigenvalue weighted by molar-refractivity contribution is 0.0410. The summed E-state index contributed by atoms with van der Waals surface area (Å²) in [5.41, 5.74) is 0.0535. The maximum absolute atomic E-state index is 12.5. The maximum Gasteiger partial charge on any atom is 1.20 e. The van der Waals surface area contributed by atoms with Crippen LogP contribution < -0.4 is 0 Å². The lowest BCUT2D eigenvalue weighted by atomic mass is 10.2. The number of hydrogen-bond acceptors (Lipinski definition) is 6. The van der Waals surface area contributed by atoms with Crippen molar-refractivity contribution in [3.63, 3.8) is 0 Å². The van der Waals surface area contributed by atoms with Crippen LogP contribution in [-0.4, -0.2) is 33.1 Å². The van der Waals surface area contributed by atoms with Crippen LogP contribution in [0.3, 0.4) is 0 Å². The molecule has 3 aromatic carbocycles. The van der Waals surface area contributed by atoms with Crippen LogP contribution in [-0.2, 0) is 11.4 Å². The van der Waals surface area contributed by atoms with Gasteiger partial charge in [-0.05, 0) is 36.4 Å². The van der Waals surface area contributed by atoms with Crippen molar-refractivity contribution in [3.8, 4) is 0 Å². The van der Waals surface area contributed by atoms with E-state index in [0.29, 0.717) is 0 Å². The van der Waals surface area contributed by atoms with Crippen molar-refractivity contribution < 1.29 is 25.7 Å². The number of carbonyl (C=O) groups is 3. The predicted octanol–water partition coefficient (Wildman–Crippen LogP) is 5.50. The fraction of sp³-hybridized carbons (Fsp3) is 0. The molecule has 0 aliphatic carbocycles. The van der Waals surface area contributed by atoms with Gasteiger partial charge in [0.05, 0.1) is 31.8 Å². The van der Waals surface area contributed by atoms with E-state index < -0.39 is 33.1 Å². The predicted molar refractivity (Wildman–Crippen MR) is 116 cm³/mol. The summed E-state index contributed by atoms with van der Waals surface area (Å²) in [6, 6.07) is 18.3. The van der Waals surface area contributed by atoms with Crippen LogP contribution in [0.15, 0.2) is 72.8 Å². The molecule has 3 aromatic rings. The van der Waals surface area contributed by atoms with Gasteiger partial charge in [-0.1, -0.05) is 71.2 Å². The Morgan fingerprint density at radius 3 is 1.03 bits per heavy atom. The van der Waals surface area contributed by atoms with Crippen LogP contribution in [0.2, 0.25) is 15.1 Å². The summed E-state index contributed by atoms with van der Waals surface area (Å²) in [4.78, 5) is 37.6. The van der Waals surface area contributed by atoms with Crippen molar-refractivity contribution in [2.75, 3.05) is 0 Å². The zero-order valence-corrected chi connectivity index (χ0v) is 19.0. The molecular weight excluding hydrogens is 482 g/mol. The van der Waals surface area contributed by atoms with Crippen LogP contribution in [0, 0.1) is 0 Å². The Labute approximate surface area is 197 Å². The molecule has 0 unspecified atom stereocenters. The molecule has 0 amide bonds. The van der Waals surface area contributed by atoms with E-state index in [4.69, 9.17) is 46.2 Å². The molecule has 0 heterocycles. The van der Waals surface area contributed by atoms with Gasteiger partial charge in [0.1, 0.15) is 0 Å². The molecule has 0 bridgehead atoms. The molecule has 3 rings (SSSR count). The van der Waals surface area contributed by atoms with Gasteiger partial charge in [0.2, 0.25) is 0 Å². The third kappa shape index (κ3) is 6.01. The van der Waals surface area contributed by atoms with Gasteiger partial charge in [-0.15, -0.1) is 0 Å². The van der Waals surface area contributed by atoms with Crippen LogP contribution in [0.5, 0.6) is 0 Å². The first-order valence-corrected chi connectivity index (χ1v) is 11.3. The number of carbonyl (C=O) groups excluding carboxylic acids is 3. The second-order valence-electron chi connectivity index (χ2n) is 5.94. The molecular formula is C21H12AlCl3O6. The van der Waals surface area contributed by atoms with E-state index in [1.54, 1.807) is 36.4 Å². The Balaban J connectivity index is 1.84. The van der Waals surface area contributed by atoms with Crippen molar-refractivity contribution in [2.24, 2.45) is 0 Å². The highest BCUT2D eigenvalue weighted by Crippen LogP contribution is 2.21. The Morgan fingerprint density at radius 1 is 0.516 bits per heavy atom. The highest BCUT2D eigenvalue weighted by Gasteiger charge is 2.50. The van der Waals surface area contributed by atoms with E-state index >= 15 is 0 Å². The van der Waals surface area contributed by atoms with Gasteiger partial charge in [0, 0.05) is 0 Å². The van der Waals surface area contributed by atoms with E-state index in [1.165, 1.54) is 36.4 Å². The van der Waals surface area contributed by atoms with E-state index in [2.05, 4.69) is 0 Å². The molecule has 6 nitrogen and oxygen atoms in total. The topological polar surface area (TPSA) is 78.9 Å². The first kappa shape index (κ1) is 23.1. The number of benzene rings is 3. The van der Waals surface area contributed by atoms with Gasteiger partial charge < -0.3 is 11.4 Å². The minimum Gasteiger partial charge on any atom is -0.547 e. The lowest BCUT2D eigenvalue weighted by Gasteiger charge is -2.15. The minimum atomic E-state index is -3.70. The molecule has 156 valence electrons. The highest BCUT2D eigenvalue weighted by molar-refractivity contribution is 6.47. The monoisotopic (exact) mass is 492 g/mol. The molecule has 0 aliphatic rings. The smallest absolute Gasteiger partial charge is 0.547 e. The van der Waals surface area contributed by atoms with Crippen LogP contribution in [0.1, 0.15) is 31.1 Å². The van der Waals surface area contributed by atoms with Gasteiger partial charge in [-0.2, -0.15) is 0 Å². The zero-order valence-electron chi connectivity index (χ0n) is 15.6. The minimum absolute atomic E-state index is 0.0178. The van der Waals surface area contributed by atoms with E-state index in [0.717, 1.165) is 0 Å². The normalized spacial score (nSPS) is 10.2. The van der Waals surface area contributed by atoms with Crippen molar-refractivity contribution in [2.45, 2.75) is 0 Å². The lowest BCUT2D eigenvalue weighted by Crippen LogP contribution is -2.35. The molecule has 0 aromatic heterocycles. The number of halogens is 3. The number of rotatable bonds is 6. The molecule has 0 aliphatic heterocycles. The molecule has 0 saturated carbocycles. The molecule has 10 heteroatoms. The van der Waals surface area contributed by atoms with Gasteiger partial charge in [-0.25, -0.2) is 14.4 Å². The highest BCUT2D eigenvalue weighted by atomic mass is 35.5. The zero-order chi connectivity index (χ0) is 22.4. The first-order chi connectivity index (χ1) is 14.9. The Kier molecular flexibility index (Phi) is 7.97. The Bertz CT molecular complexity index is 996. The van der Waals surface area contributed by atoms with Crippen molar-refractivity contribution >= 4 is 67.9 Å². The van der Waals surface area contributed by atoms with Crippen molar-refractivity contribution in [1.29, 1.82) is 0 Å². The summed E-state index contributed by atoms with van der Waals surface area (Å²) in [6.07, 6.45) is 0. The Morgan fingerprint density at radius 2 is 0.774 bits per heavy atom. The fourth-order valence-corrected chi connectivity index (χ4v) is 4.09. The summed E-state index contributed by atoms with van der Waals surface area (Å²) in [7, 11) is 0. The summed E-state index contributed by atoms with van der Waals surface area (Å²) in [5.74, 6) is -2.75. The van der Waals surface area contributed by atoms with E-state index in [1.807, 2.05) is 0 Å². The Hall–Kier alpha value is -2.53. The van der Waals surface area contributed by atoms with Gasteiger partial charge in [0.25, 0.3) is 0 Å². The van der Waals surface area contributed by atoms with Gasteiger partial charge >= 0.3 is 33.1 Å². The third-order valence-electron chi connectivity index (χ3n) is 3.89. The van der Waals surface area contributed by atoms with Gasteiger partial charge in [0.15, 0.2) is 0 Å². The van der Waals surface area contributed by atoms with Crippen molar-refractivity contribution in [1.82, 2.24) is 0 Å². The third-order valence-corrected chi connectivity index (χ3v) is 6.10. The van der Waals surface area contributed by atoms with Crippen LogP contribution >= 0.6 is 34.8 Å². The molecule has 0 N–H and O–H groups in total. The summed E-state index contributed by atoms with van der Waals surface area (Å²) in [6.45, 7) is 0. The molecule has 0 spiro atoms. The summed E-state index contributed by atoms with van der Waals surface area (Å²) in [5, 5.41) is 0.361. The summed E-state index contributed by atoms with van der Waals surface area (Å²) < 4.78 is 15.7. The molecule has 0 fully saturated rings. The van der Waals surface area contributed by atoms with Crippen LogP contribution in [0.25, 0.3) is 0 Å². The summed E-state index contributed by atoms with van der Waals surface area (Å²) >= 11 is 14.3. The second-order valence-corrected chi connectivity index (χ2v) is 8.45. The molecule has 0 atom stereocenters. The number of hydrogen-bond donors (Lipinski definition) is 0. The quantitative estimate of drug-likeness (QED) is 0.422. The molecule has 0 radical (unpaired) electrons. The average Bonchev–Trinajstić information content (AvgIpc) is 2.74. The van der Waals surface area contributed by atoms with Crippen molar-refractivity contribution in [3.05, 3.63) is 105 Å². The molecule has 0 saturated heterocycles. The fourth-order valence-electron chi connectivity index (χ4n) is 2.41. The largest absolute Gasteiger partial charge is 1.20 e. The SMILES string of the molecule is O=C([O][Al]([O]C(=O)c1ccccc1Cl)[O]C(=O)c1ccccc1Cl)c1ccccc1Cl. The standard InChI is InChI=1S/3C7H5ClO2.Al/c3*8-6-4-2-1-3-5(6)7(9)10;/h3*1-4H,(H,9,10);/q;;;+3/p-3. The van der Waals surface area contributed by atoms with Crippen LogP contribution in [0.4, 0.5) is 0 Å². The second kappa shape index (κ2) is 10.7. The average molecular weight is 494 g/mol. The first-order valence-electron chi connectivity index (χ1n) is 8.73.